The molecule has 0 unspecified atom stereocenters. The van der Waals surface area contributed by atoms with Gasteiger partial charge < -0.3 is 5.32 Å². The molecule has 0 bridgehead atoms. The lowest BCUT2D eigenvalue weighted by Crippen LogP contribution is -2.12. The van der Waals surface area contributed by atoms with Gasteiger partial charge in [0.05, 0.1) is 21.7 Å². The Balaban J connectivity index is 2.12. The van der Waals surface area contributed by atoms with E-state index in [0.717, 1.165) is 16.0 Å². The molecule has 1 aromatic carbocycles. The molecular weight excluding hydrogens is 316 g/mol. The van der Waals surface area contributed by atoms with Crippen LogP contribution in [0, 0.1) is 0 Å². The largest absolute Gasteiger partial charge is 0.377 e. The molecule has 6 heteroatoms. The van der Waals surface area contributed by atoms with E-state index in [-0.39, 0.29) is 0 Å². The first-order valence-corrected chi connectivity index (χ1v) is 6.83. The highest BCUT2D eigenvalue weighted by atomic mass is 79.9. The molecule has 1 heterocycles. The normalized spacial score (nSPS) is 10.9. The molecule has 18 heavy (non-hydrogen) atoms. The first-order valence-electron chi connectivity index (χ1n) is 5.66. The van der Waals surface area contributed by atoms with Crippen LogP contribution in [-0.2, 0) is 6.54 Å². The Hall–Kier alpha value is -1.07. The van der Waals surface area contributed by atoms with E-state index in [1.54, 1.807) is 6.33 Å². The van der Waals surface area contributed by atoms with Gasteiger partial charge in [0.1, 0.15) is 12.2 Å². The van der Waals surface area contributed by atoms with Crippen LogP contribution in [0.4, 0.5) is 5.69 Å². The Morgan fingerprint density at radius 3 is 2.94 bits per heavy atom. The van der Waals surface area contributed by atoms with E-state index in [0.29, 0.717) is 17.6 Å². The van der Waals surface area contributed by atoms with E-state index in [1.807, 2.05) is 22.9 Å². The molecular formula is C12H14BrClN4. The second-order valence-electron chi connectivity index (χ2n) is 4.17. The highest BCUT2D eigenvalue weighted by Crippen LogP contribution is 2.30. The van der Waals surface area contributed by atoms with E-state index in [2.05, 4.69) is 45.2 Å². The highest BCUT2D eigenvalue weighted by molar-refractivity contribution is 9.10. The summed E-state index contributed by atoms with van der Waals surface area (Å²) in [7, 11) is 0. The summed E-state index contributed by atoms with van der Waals surface area (Å²) < 4.78 is 2.76. The van der Waals surface area contributed by atoms with Gasteiger partial charge in [-0.15, -0.1) is 0 Å². The van der Waals surface area contributed by atoms with E-state index in [1.165, 1.54) is 0 Å². The summed E-state index contributed by atoms with van der Waals surface area (Å²) in [5, 5.41) is 8.18. The Morgan fingerprint density at radius 2 is 2.22 bits per heavy atom. The van der Waals surface area contributed by atoms with Crippen LogP contribution in [0.5, 0.6) is 0 Å². The van der Waals surface area contributed by atoms with Gasteiger partial charge in [-0.25, -0.2) is 9.67 Å². The number of nitrogens with one attached hydrogen (secondary N) is 1. The molecule has 2 rings (SSSR count). The predicted molar refractivity (Wildman–Crippen MR) is 76.9 cm³/mol. The molecule has 1 N–H and O–H groups in total. The molecule has 0 radical (unpaired) electrons. The summed E-state index contributed by atoms with van der Waals surface area (Å²) >= 11 is 9.49. The van der Waals surface area contributed by atoms with Gasteiger partial charge in [0.2, 0.25) is 0 Å². The lowest BCUT2D eigenvalue weighted by atomic mass is 10.3. The monoisotopic (exact) mass is 328 g/mol. The molecule has 4 nitrogen and oxygen atoms in total. The summed E-state index contributed by atoms with van der Waals surface area (Å²) in [6, 6.07) is 6.01. The molecule has 0 atom stereocenters. The lowest BCUT2D eigenvalue weighted by molar-refractivity contribution is 0.509. The maximum Gasteiger partial charge on any atom is 0.146 e. The number of hydrogen-bond donors (Lipinski definition) is 1. The van der Waals surface area contributed by atoms with Crippen molar-refractivity contribution in [3.63, 3.8) is 0 Å². The molecule has 96 valence electrons. The van der Waals surface area contributed by atoms with Crippen LogP contribution in [0.25, 0.3) is 0 Å². The number of halogens is 2. The van der Waals surface area contributed by atoms with Crippen molar-refractivity contribution in [2.24, 2.45) is 0 Å². The number of hydrogen-bond acceptors (Lipinski definition) is 3. The fourth-order valence-electron chi connectivity index (χ4n) is 1.65. The van der Waals surface area contributed by atoms with Crippen molar-refractivity contribution >= 4 is 33.2 Å². The molecule has 0 fully saturated rings. The maximum absolute atomic E-state index is 6.04. The van der Waals surface area contributed by atoms with Gasteiger partial charge >= 0.3 is 0 Å². The fourth-order valence-corrected chi connectivity index (χ4v) is 2.23. The summed E-state index contributed by atoms with van der Waals surface area (Å²) in [6.07, 6.45) is 1.57. The van der Waals surface area contributed by atoms with Crippen LogP contribution >= 0.6 is 27.5 Å². The third-order valence-electron chi connectivity index (χ3n) is 2.52. The molecule has 1 aromatic heterocycles. The Morgan fingerprint density at radius 1 is 1.44 bits per heavy atom. The third-order valence-corrected chi connectivity index (χ3v) is 3.92. The van der Waals surface area contributed by atoms with Gasteiger partial charge in [0.25, 0.3) is 0 Å². The van der Waals surface area contributed by atoms with Crippen LogP contribution in [0.2, 0.25) is 5.02 Å². The van der Waals surface area contributed by atoms with Crippen molar-refractivity contribution in [2.75, 3.05) is 5.32 Å². The zero-order chi connectivity index (χ0) is 13.1. The van der Waals surface area contributed by atoms with Crippen molar-refractivity contribution in [1.82, 2.24) is 14.8 Å². The Kier molecular flexibility index (Phi) is 4.24. The van der Waals surface area contributed by atoms with Crippen molar-refractivity contribution in [1.29, 1.82) is 0 Å². The Labute approximate surface area is 119 Å². The van der Waals surface area contributed by atoms with Crippen LogP contribution in [-0.4, -0.2) is 14.8 Å². The number of benzene rings is 1. The topological polar surface area (TPSA) is 42.7 Å². The molecule has 2 aromatic rings. The van der Waals surface area contributed by atoms with Crippen molar-refractivity contribution in [3.8, 4) is 0 Å². The van der Waals surface area contributed by atoms with Gasteiger partial charge in [-0.05, 0) is 41.9 Å². The maximum atomic E-state index is 6.04. The number of rotatable bonds is 4. The molecule has 0 aliphatic heterocycles. The van der Waals surface area contributed by atoms with Gasteiger partial charge in [0, 0.05) is 6.04 Å². The van der Waals surface area contributed by atoms with Crippen LogP contribution in [0.3, 0.4) is 0 Å². The summed E-state index contributed by atoms with van der Waals surface area (Å²) in [4.78, 5) is 4.25. The minimum Gasteiger partial charge on any atom is -0.377 e. The number of nitrogens with zero attached hydrogens (tertiary/aromatic N) is 3. The summed E-state index contributed by atoms with van der Waals surface area (Å²) in [5.74, 6) is 0.900. The minimum absolute atomic E-state index is 0.298. The van der Waals surface area contributed by atoms with Crippen molar-refractivity contribution in [3.05, 3.63) is 39.8 Å². The van der Waals surface area contributed by atoms with Crippen molar-refractivity contribution in [2.45, 2.75) is 26.4 Å². The zero-order valence-corrected chi connectivity index (χ0v) is 12.5. The van der Waals surface area contributed by atoms with Crippen molar-refractivity contribution < 1.29 is 0 Å². The lowest BCUT2D eigenvalue weighted by Gasteiger charge is -2.12. The second-order valence-corrected chi connectivity index (χ2v) is 5.37. The molecule has 0 saturated carbocycles. The minimum atomic E-state index is 0.298. The van der Waals surface area contributed by atoms with E-state index in [9.17, 15) is 0 Å². The summed E-state index contributed by atoms with van der Waals surface area (Å²) in [5.41, 5.74) is 0.945. The van der Waals surface area contributed by atoms with Crippen LogP contribution < -0.4 is 5.32 Å². The van der Waals surface area contributed by atoms with Gasteiger partial charge in [-0.2, -0.15) is 5.10 Å². The molecule has 0 amide bonds. The standard InChI is InChI=1S/C12H14BrClN4/c1-8(2)18-11(16-7-17-18)6-15-10-5-3-4-9(14)12(10)13/h3-5,7-8,15H,6H2,1-2H3. The first-order chi connectivity index (χ1) is 8.59. The van der Waals surface area contributed by atoms with E-state index < -0.39 is 0 Å². The quantitative estimate of drug-likeness (QED) is 0.925. The van der Waals surface area contributed by atoms with E-state index in [4.69, 9.17) is 11.6 Å². The Bertz CT molecular complexity index is 539. The molecule has 0 saturated heterocycles. The smallest absolute Gasteiger partial charge is 0.146 e. The van der Waals surface area contributed by atoms with Gasteiger partial charge in [-0.3, -0.25) is 0 Å². The molecule has 0 aliphatic rings. The zero-order valence-electron chi connectivity index (χ0n) is 10.2. The van der Waals surface area contributed by atoms with Crippen LogP contribution in [0.1, 0.15) is 25.7 Å². The predicted octanol–water partition coefficient (Wildman–Crippen LogP) is 3.89. The highest BCUT2D eigenvalue weighted by Gasteiger charge is 2.08. The average molecular weight is 330 g/mol. The SMILES string of the molecule is CC(C)n1ncnc1CNc1cccc(Cl)c1Br. The first kappa shape index (κ1) is 13.4. The number of anilines is 1. The van der Waals surface area contributed by atoms with E-state index >= 15 is 0 Å². The van der Waals surface area contributed by atoms with Gasteiger partial charge in [0.15, 0.2) is 0 Å². The fraction of sp³-hybridized carbons (Fsp3) is 0.333. The third kappa shape index (κ3) is 2.84. The average Bonchev–Trinajstić information content (AvgIpc) is 2.79. The van der Waals surface area contributed by atoms with Gasteiger partial charge in [-0.1, -0.05) is 17.7 Å². The second kappa shape index (κ2) is 5.71. The summed E-state index contributed by atoms with van der Waals surface area (Å²) in [6.45, 7) is 4.76. The molecule has 0 spiro atoms. The van der Waals surface area contributed by atoms with Crippen LogP contribution in [0.15, 0.2) is 29.0 Å². The molecule has 0 aliphatic carbocycles. The number of aromatic nitrogens is 3.